The number of aromatic nitrogens is 1. The van der Waals surface area contributed by atoms with Gasteiger partial charge in [-0.3, -0.25) is 9.59 Å². The molecule has 0 bridgehead atoms. The SMILES string of the molecule is CCCCN(CC(=O)N(CCc1c[nH]c2ccccc12)Cc1ccc(C(C)(C)C)cc1)C(=O)c1cccc(Br)c1. The van der Waals surface area contributed by atoms with Crippen LogP contribution in [-0.4, -0.2) is 46.2 Å². The molecule has 0 aliphatic heterocycles. The lowest BCUT2D eigenvalue weighted by atomic mass is 9.87. The number of nitrogens with one attached hydrogen (secondary N) is 1. The summed E-state index contributed by atoms with van der Waals surface area (Å²) in [5, 5.41) is 1.18. The molecule has 0 saturated carbocycles. The second-order valence-electron chi connectivity index (χ2n) is 11.5. The van der Waals surface area contributed by atoms with Crippen molar-refractivity contribution in [1.29, 1.82) is 0 Å². The molecule has 210 valence electrons. The van der Waals surface area contributed by atoms with Crippen molar-refractivity contribution in [1.82, 2.24) is 14.8 Å². The number of rotatable bonds is 11. The van der Waals surface area contributed by atoms with Crippen LogP contribution in [0.2, 0.25) is 0 Å². The van der Waals surface area contributed by atoms with E-state index in [0.29, 0.717) is 25.2 Å². The molecule has 1 heterocycles. The molecule has 0 spiro atoms. The zero-order valence-corrected chi connectivity index (χ0v) is 25.6. The highest BCUT2D eigenvalue weighted by molar-refractivity contribution is 9.10. The molecule has 0 aliphatic rings. The van der Waals surface area contributed by atoms with Crippen molar-refractivity contribution in [3.8, 4) is 0 Å². The van der Waals surface area contributed by atoms with Crippen LogP contribution in [0.15, 0.2) is 83.5 Å². The fourth-order valence-electron chi connectivity index (χ4n) is 4.89. The lowest BCUT2D eigenvalue weighted by Gasteiger charge is -2.28. The normalized spacial score (nSPS) is 11.5. The van der Waals surface area contributed by atoms with E-state index in [1.165, 1.54) is 16.5 Å². The molecule has 4 aromatic rings. The summed E-state index contributed by atoms with van der Waals surface area (Å²) in [6, 6.07) is 24.2. The summed E-state index contributed by atoms with van der Waals surface area (Å²) in [5.74, 6) is -0.159. The molecule has 0 radical (unpaired) electrons. The fraction of sp³-hybridized carbons (Fsp3) is 0.353. The summed E-state index contributed by atoms with van der Waals surface area (Å²) < 4.78 is 0.846. The smallest absolute Gasteiger partial charge is 0.254 e. The largest absolute Gasteiger partial charge is 0.361 e. The first kappa shape index (κ1) is 29.6. The Bertz CT molecular complexity index is 1440. The number of carbonyl (C=O) groups excluding carboxylic acids is 2. The van der Waals surface area contributed by atoms with Gasteiger partial charge in [0.25, 0.3) is 5.91 Å². The Hall–Kier alpha value is -3.38. The zero-order valence-electron chi connectivity index (χ0n) is 24.0. The second kappa shape index (κ2) is 13.3. The van der Waals surface area contributed by atoms with Gasteiger partial charge in [-0.25, -0.2) is 0 Å². The molecule has 1 N–H and O–H groups in total. The predicted octanol–water partition coefficient (Wildman–Crippen LogP) is 7.74. The Balaban J connectivity index is 1.56. The summed E-state index contributed by atoms with van der Waals surface area (Å²) in [6.45, 7) is 10.4. The topological polar surface area (TPSA) is 56.4 Å². The van der Waals surface area contributed by atoms with E-state index in [0.717, 1.165) is 34.8 Å². The summed E-state index contributed by atoms with van der Waals surface area (Å²) in [4.78, 5) is 34.3. The summed E-state index contributed by atoms with van der Waals surface area (Å²) in [5.41, 5.74) is 5.28. The molecule has 0 saturated heterocycles. The molecule has 3 aromatic carbocycles. The lowest BCUT2D eigenvalue weighted by Crippen LogP contribution is -2.43. The van der Waals surface area contributed by atoms with Crippen LogP contribution in [0, 0.1) is 0 Å². The molecule has 6 heteroatoms. The van der Waals surface area contributed by atoms with E-state index in [-0.39, 0.29) is 23.8 Å². The third kappa shape index (κ3) is 7.63. The Labute approximate surface area is 246 Å². The van der Waals surface area contributed by atoms with Gasteiger partial charge in [-0.15, -0.1) is 0 Å². The average Bonchev–Trinajstić information content (AvgIpc) is 3.35. The molecule has 2 amide bonds. The van der Waals surface area contributed by atoms with Crippen LogP contribution >= 0.6 is 15.9 Å². The number of halogens is 1. The molecule has 0 atom stereocenters. The number of hydrogen-bond acceptors (Lipinski definition) is 2. The standard InChI is InChI=1S/C34H40BrN3O2/c1-5-6-19-38(33(40)26-10-9-11-29(35)21-26)24-32(39)37(23-25-14-16-28(17-15-25)34(2,3)4)20-18-27-22-36-31-13-8-7-12-30(27)31/h7-17,21-22,36H,5-6,18-20,23-24H2,1-4H3. The number of H-pyrrole nitrogens is 1. The number of hydrogen-bond donors (Lipinski definition) is 1. The first-order chi connectivity index (χ1) is 19.2. The summed E-state index contributed by atoms with van der Waals surface area (Å²) in [6.07, 6.45) is 4.55. The van der Waals surface area contributed by atoms with Crippen LogP contribution in [0.4, 0.5) is 0 Å². The number of fused-ring (bicyclic) bond motifs is 1. The molecule has 4 rings (SSSR count). The van der Waals surface area contributed by atoms with Gasteiger partial charge in [0.2, 0.25) is 5.91 Å². The molecule has 0 unspecified atom stereocenters. The van der Waals surface area contributed by atoms with Crippen LogP contribution in [0.3, 0.4) is 0 Å². The molecule has 40 heavy (non-hydrogen) atoms. The Morgan fingerprint density at radius 2 is 1.65 bits per heavy atom. The van der Waals surface area contributed by atoms with Gasteiger partial charge in [-0.1, -0.05) is 98.6 Å². The highest BCUT2D eigenvalue weighted by Crippen LogP contribution is 2.23. The zero-order chi connectivity index (χ0) is 28.7. The monoisotopic (exact) mass is 601 g/mol. The van der Waals surface area contributed by atoms with Gasteiger partial charge < -0.3 is 14.8 Å². The minimum Gasteiger partial charge on any atom is -0.361 e. The number of para-hydroxylation sites is 1. The van der Waals surface area contributed by atoms with E-state index < -0.39 is 0 Å². The van der Waals surface area contributed by atoms with Crippen molar-refractivity contribution in [2.75, 3.05) is 19.6 Å². The van der Waals surface area contributed by atoms with Crippen molar-refractivity contribution in [3.63, 3.8) is 0 Å². The predicted molar refractivity (Wildman–Crippen MR) is 168 cm³/mol. The second-order valence-corrected chi connectivity index (χ2v) is 12.4. The number of unbranched alkanes of at least 4 members (excludes halogenated alkanes) is 1. The fourth-order valence-corrected chi connectivity index (χ4v) is 5.28. The first-order valence-corrected chi connectivity index (χ1v) is 14.9. The van der Waals surface area contributed by atoms with Crippen molar-refractivity contribution in [3.05, 3.63) is 106 Å². The van der Waals surface area contributed by atoms with Crippen molar-refractivity contribution in [2.24, 2.45) is 0 Å². The number of benzene rings is 3. The number of amides is 2. The first-order valence-electron chi connectivity index (χ1n) is 14.1. The molecule has 0 aliphatic carbocycles. The van der Waals surface area contributed by atoms with E-state index in [9.17, 15) is 9.59 Å². The maximum absolute atomic E-state index is 13.9. The summed E-state index contributed by atoms with van der Waals surface area (Å²) >= 11 is 3.47. The van der Waals surface area contributed by atoms with Gasteiger partial charge >= 0.3 is 0 Å². The Kier molecular flexibility index (Phi) is 9.85. The minimum absolute atomic E-state index is 0.0424. The van der Waals surface area contributed by atoms with Crippen LogP contribution in [-0.2, 0) is 23.2 Å². The number of aromatic amines is 1. The van der Waals surface area contributed by atoms with Gasteiger partial charge in [-0.05, 0) is 59.2 Å². The highest BCUT2D eigenvalue weighted by atomic mass is 79.9. The van der Waals surface area contributed by atoms with E-state index in [4.69, 9.17) is 0 Å². The maximum Gasteiger partial charge on any atom is 0.254 e. The number of carbonyl (C=O) groups is 2. The van der Waals surface area contributed by atoms with Gasteiger partial charge in [0, 0.05) is 46.8 Å². The molecular formula is C34H40BrN3O2. The molecule has 0 fully saturated rings. The minimum atomic E-state index is -0.116. The van der Waals surface area contributed by atoms with Gasteiger partial charge in [0.05, 0.1) is 0 Å². The third-order valence-electron chi connectivity index (χ3n) is 7.34. The Morgan fingerprint density at radius 1 is 0.900 bits per heavy atom. The van der Waals surface area contributed by atoms with Crippen molar-refractivity contribution >= 4 is 38.6 Å². The summed E-state index contributed by atoms with van der Waals surface area (Å²) in [7, 11) is 0. The Morgan fingerprint density at radius 3 is 2.35 bits per heavy atom. The van der Waals surface area contributed by atoms with E-state index in [1.54, 1.807) is 4.90 Å². The lowest BCUT2D eigenvalue weighted by molar-refractivity contribution is -0.132. The van der Waals surface area contributed by atoms with Gasteiger partial charge in [0.15, 0.2) is 0 Å². The van der Waals surface area contributed by atoms with E-state index >= 15 is 0 Å². The van der Waals surface area contributed by atoms with Crippen LogP contribution in [0.25, 0.3) is 10.9 Å². The highest BCUT2D eigenvalue weighted by Gasteiger charge is 2.23. The van der Waals surface area contributed by atoms with Crippen molar-refractivity contribution < 1.29 is 9.59 Å². The molecular weight excluding hydrogens is 562 g/mol. The quantitative estimate of drug-likeness (QED) is 0.191. The van der Waals surface area contributed by atoms with Crippen LogP contribution in [0.1, 0.15) is 67.6 Å². The van der Waals surface area contributed by atoms with E-state index in [2.05, 4.69) is 85.0 Å². The van der Waals surface area contributed by atoms with Gasteiger partial charge in [-0.2, -0.15) is 0 Å². The maximum atomic E-state index is 13.9. The molecule has 1 aromatic heterocycles. The number of nitrogens with zero attached hydrogens (tertiary/aromatic N) is 2. The average molecular weight is 603 g/mol. The van der Waals surface area contributed by atoms with E-state index in [1.807, 2.05) is 47.5 Å². The van der Waals surface area contributed by atoms with Crippen molar-refractivity contribution in [2.45, 2.75) is 58.9 Å². The van der Waals surface area contributed by atoms with Crippen LogP contribution < -0.4 is 0 Å². The van der Waals surface area contributed by atoms with Crippen LogP contribution in [0.5, 0.6) is 0 Å². The third-order valence-corrected chi connectivity index (χ3v) is 7.83. The van der Waals surface area contributed by atoms with Gasteiger partial charge in [0.1, 0.15) is 6.54 Å². The molecule has 5 nitrogen and oxygen atoms in total.